The third kappa shape index (κ3) is 2.17. The molecule has 0 amide bonds. The van der Waals surface area contributed by atoms with Crippen molar-refractivity contribution >= 4 is 0 Å². The van der Waals surface area contributed by atoms with Crippen LogP contribution >= 0.6 is 0 Å². The summed E-state index contributed by atoms with van der Waals surface area (Å²) in [6, 6.07) is 1.10. The van der Waals surface area contributed by atoms with E-state index in [4.69, 9.17) is 4.74 Å². The van der Waals surface area contributed by atoms with Crippen LogP contribution in [0.3, 0.4) is 0 Å². The topological polar surface area (TPSA) is 21.3 Å². The molecule has 0 saturated carbocycles. The number of hydrogen-bond acceptors (Lipinski definition) is 2. The molecule has 1 rings (SSSR count). The Balaban J connectivity index is 2.34. The van der Waals surface area contributed by atoms with E-state index in [1.807, 2.05) is 0 Å². The molecule has 2 nitrogen and oxygen atoms in total. The van der Waals surface area contributed by atoms with Gasteiger partial charge in [-0.05, 0) is 19.8 Å². The number of nitrogens with one attached hydrogen (secondary N) is 1. The summed E-state index contributed by atoms with van der Waals surface area (Å²) in [5, 5.41) is 3.54. The van der Waals surface area contributed by atoms with E-state index in [1.165, 1.54) is 6.42 Å². The van der Waals surface area contributed by atoms with Crippen molar-refractivity contribution in [3.63, 3.8) is 0 Å². The minimum Gasteiger partial charge on any atom is -0.375 e. The monoisotopic (exact) mass is 157 g/mol. The minimum atomic E-state index is 0.429. The molecule has 0 spiro atoms. The van der Waals surface area contributed by atoms with Gasteiger partial charge in [0.25, 0.3) is 0 Å². The number of morpholine rings is 1. The molecular weight excluding hydrogens is 138 g/mol. The average Bonchev–Trinajstić information content (AvgIpc) is 2.04. The van der Waals surface area contributed by atoms with Gasteiger partial charge < -0.3 is 10.1 Å². The molecule has 1 heterocycles. The Bertz CT molecular complexity index is 116. The molecular formula is C9H19NO. The van der Waals surface area contributed by atoms with Crippen LogP contribution in [0.15, 0.2) is 0 Å². The molecule has 66 valence electrons. The molecule has 0 aliphatic carbocycles. The van der Waals surface area contributed by atoms with Crippen LogP contribution in [0.2, 0.25) is 0 Å². The van der Waals surface area contributed by atoms with Crippen LogP contribution in [0, 0.1) is 0 Å². The number of ether oxygens (including phenoxy) is 1. The molecule has 2 heteroatoms. The quantitative estimate of drug-likeness (QED) is 0.656. The fraction of sp³-hybridized carbons (Fsp3) is 1.00. The molecule has 1 N–H and O–H groups in total. The second-order valence-electron chi connectivity index (χ2n) is 3.34. The summed E-state index contributed by atoms with van der Waals surface area (Å²) in [6.07, 6.45) is 2.71. The third-order valence-corrected chi connectivity index (χ3v) is 2.46. The first-order valence-electron chi connectivity index (χ1n) is 4.65. The summed E-state index contributed by atoms with van der Waals surface area (Å²) >= 11 is 0. The molecule has 1 fully saturated rings. The average molecular weight is 157 g/mol. The fourth-order valence-electron chi connectivity index (χ4n) is 1.62. The van der Waals surface area contributed by atoms with E-state index in [-0.39, 0.29) is 0 Å². The van der Waals surface area contributed by atoms with Gasteiger partial charge in [0.05, 0.1) is 12.7 Å². The van der Waals surface area contributed by atoms with Crippen LogP contribution in [0.25, 0.3) is 0 Å². The highest BCUT2D eigenvalue weighted by atomic mass is 16.5. The summed E-state index contributed by atoms with van der Waals surface area (Å²) in [5.74, 6) is 0. The van der Waals surface area contributed by atoms with Gasteiger partial charge in [-0.15, -0.1) is 0 Å². The van der Waals surface area contributed by atoms with Crippen molar-refractivity contribution in [1.29, 1.82) is 0 Å². The molecule has 3 unspecified atom stereocenters. The van der Waals surface area contributed by atoms with E-state index in [0.29, 0.717) is 18.2 Å². The van der Waals surface area contributed by atoms with Gasteiger partial charge >= 0.3 is 0 Å². The second kappa shape index (κ2) is 4.07. The van der Waals surface area contributed by atoms with Gasteiger partial charge in [0.2, 0.25) is 0 Å². The number of rotatable bonds is 2. The molecule has 0 aromatic rings. The Hall–Kier alpha value is -0.0800. The molecule has 1 aliphatic rings. The van der Waals surface area contributed by atoms with Gasteiger partial charge in [-0.1, -0.05) is 13.8 Å². The standard InChI is InChI=1S/C9H19NO/c1-4-8-6-11-9(5-2)7(3)10-8/h7-10H,4-6H2,1-3H3. The zero-order chi connectivity index (χ0) is 8.27. The first-order chi connectivity index (χ1) is 5.27. The zero-order valence-electron chi connectivity index (χ0n) is 7.76. The van der Waals surface area contributed by atoms with Crippen LogP contribution in [0.1, 0.15) is 33.6 Å². The highest BCUT2D eigenvalue weighted by molar-refractivity contribution is 4.81. The van der Waals surface area contributed by atoms with E-state index in [9.17, 15) is 0 Å². The minimum absolute atomic E-state index is 0.429. The number of hydrogen-bond donors (Lipinski definition) is 1. The summed E-state index contributed by atoms with van der Waals surface area (Å²) in [6.45, 7) is 7.46. The lowest BCUT2D eigenvalue weighted by Crippen LogP contribution is -2.52. The first-order valence-corrected chi connectivity index (χ1v) is 4.65. The summed E-state index contributed by atoms with van der Waals surface area (Å²) < 4.78 is 5.68. The largest absolute Gasteiger partial charge is 0.375 e. The molecule has 3 atom stereocenters. The molecule has 11 heavy (non-hydrogen) atoms. The summed E-state index contributed by atoms with van der Waals surface area (Å²) in [5.41, 5.74) is 0. The first kappa shape index (κ1) is 9.01. The van der Waals surface area contributed by atoms with Crippen LogP contribution < -0.4 is 5.32 Å². The molecule has 1 aliphatic heterocycles. The molecule has 0 bridgehead atoms. The maximum atomic E-state index is 5.68. The van der Waals surface area contributed by atoms with Gasteiger partial charge in [0.1, 0.15) is 0 Å². The van der Waals surface area contributed by atoms with E-state index >= 15 is 0 Å². The smallest absolute Gasteiger partial charge is 0.0723 e. The molecule has 0 radical (unpaired) electrons. The van der Waals surface area contributed by atoms with Crippen molar-refractivity contribution in [2.45, 2.75) is 51.8 Å². The highest BCUT2D eigenvalue weighted by Gasteiger charge is 2.24. The Morgan fingerprint density at radius 3 is 2.55 bits per heavy atom. The highest BCUT2D eigenvalue weighted by Crippen LogP contribution is 2.12. The lowest BCUT2D eigenvalue weighted by molar-refractivity contribution is -0.0248. The van der Waals surface area contributed by atoms with E-state index < -0.39 is 0 Å². The van der Waals surface area contributed by atoms with Gasteiger partial charge in [0, 0.05) is 12.1 Å². The molecule has 1 saturated heterocycles. The van der Waals surface area contributed by atoms with Crippen molar-refractivity contribution in [2.75, 3.05) is 6.61 Å². The van der Waals surface area contributed by atoms with Gasteiger partial charge in [0.15, 0.2) is 0 Å². The van der Waals surface area contributed by atoms with E-state index in [2.05, 4.69) is 26.1 Å². The molecule has 0 aromatic heterocycles. The SMILES string of the molecule is CCC1COC(CC)C(C)N1. The predicted molar refractivity (Wildman–Crippen MR) is 46.7 cm³/mol. The van der Waals surface area contributed by atoms with Crippen molar-refractivity contribution in [1.82, 2.24) is 5.32 Å². The van der Waals surface area contributed by atoms with Gasteiger partial charge in [-0.3, -0.25) is 0 Å². The van der Waals surface area contributed by atoms with Crippen molar-refractivity contribution in [3.05, 3.63) is 0 Å². The Morgan fingerprint density at radius 2 is 2.09 bits per heavy atom. The fourth-order valence-corrected chi connectivity index (χ4v) is 1.62. The van der Waals surface area contributed by atoms with Crippen LogP contribution in [0.4, 0.5) is 0 Å². The van der Waals surface area contributed by atoms with Crippen molar-refractivity contribution in [3.8, 4) is 0 Å². The maximum Gasteiger partial charge on any atom is 0.0723 e. The summed E-state index contributed by atoms with van der Waals surface area (Å²) in [4.78, 5) is 0. The van der Waals surface area contributed by atoms with E-state index in [1.54, 1.807) is 0 Å². The molecule has 0 aromatic carbocycles. The maximum absolute atomic E-state index is 5.68. The van der Waals surface area contributed by atoms with E-state index in [0.717, 1.165) is 13.0 Å². The Kier molecular flexibility index (Phi) is 3.34. The predicted octanol–water partition coefficient (Wildman–Crippen LogP) is 1.55. The zero-order valence-corrected chi connectivity index (χ0v) is 7.76. The normalized spacial score (nSPS) is 39.0. The Morgan fingerprint density at radius 1 is 1.36 bits per heavy atom. The van der Waals surface area contributed by atoms with Gasteiger partial charge in [-0.2, -0.15) is 0 Å². The van der Waals surface area contributed by atoms with Gasteiger partial charge in [-0.25, -0.2) is 0 Å². The van der Waals surface area contributed by atoms with Crippen molar-refractivity contribution < 1.29 is 4.74 Å². The second-order valence-corrected chi connectivity index (χ2v) is 3.34. The summed E-state index contributed by atoms with van der Waals surface area (Å²) in [7, 11) is 0. The third-order valence-electron chi connectivity index (χ3n) is 2.46. The lowest BCUT2D eigenvalue weighted by Gasteiger charge is -2.34. The van der Waals surface area contributed by atoms with Crippen molar-refractivity contribution in [2.24, 2.45) is 0 Å². The lowest BCUT2D eigenvalue weighted by atomic mass is 10.1. The van der Waals surface area contributed by atoms with Crippen LogP contribution in [0.5, 0.6) is 0 Å². The Labute approximate surface area is 69.3 Å². The van der Waals surface area contributed by atoms with Crippen LogP contribution in [-0.4, -0.2) is 24.8 Å². The van der Waals surface area contributed by atoms with Crippen LogP contribution in [-0.2, 0) is 4.74 Å².